The van der Waals surface area contributed by atoms with Crippen LogP contribution >= 0.6 is 11.6 Å². The highest BCUT2D eigenvalue weighted by Gasteiger charge is 2.55. The van der Waals surface area contributed by atoms with Gasteiger partial charge in [-0.1, -0.05) is 104 Å². The number of carbonyl (C=O) groups excluding carboxylic acids is 11. The Hall–Kier alpha value is -6.67. The maximum absolute atomic E-state index is 15.9. The van der Waals surface area contributed by atoms with Gasteiger partial charge in [0.2, 0.25) is 65.0 Å². The van der Waals surface area contributed by atoms with Crippen LogP contribution in [0.15, 0.2) is 18.2 Å². The summed E-state index contributed by atoms with van der Waals surface area (Å²) in [7, 11) is 9.68. The summed E-state index contributed by atoms with van der Waals surface area (Å²) in [6.07, 6.45) is -1.35. The van der Waals surface area contributed by atoms with Crippen LogP contribution in [0.2, 0.25) is 5.02 Å². The third-order valence-corrected chi connectivity index (χ3v) is 19.9. The number of halogens is 6. The maximum atomic E-state index is 15.9. The molecule has 93 heavy (non-hydrogen) atoms. The molecule has 1 spiro atoms. The molecule has 2 heterocycles. The molecule has 2 saturated heterocycles. The number of rotatable bonds is 11. The SMILES string of the molecule is CC[C@H](C)[C@@H]1NC(=O)[C@H](CC(C)C)N(C)C(=O)C[C@@H](C)N(C)C(=O)[C@H]([C@@H](C)CC)N(C)C(=O)C2(CCC2)NC(=O)[C@@H]2CC(F)(F)CN2C(=O)[C@H](CCc2ccc(C(F)(F)F)c(Cl)c2)NC(=O)CN(C)C(=O)[C@H](CC2CCCCC2)N(C)C(=O)CN(C)C(=O)CN(C)C1=O. The van der Waals surface area contributed by atoms with Gasteiger partial charge in [-0.2, -0.15) is 13.2 Å². The number of alkyl halides is 5. The smallest absolute Gasteiger partial charge is 0.343 e. The average Bonchev–Trinajstić information content (AvgIpc) is 1.76. The molecular formula is C65H99ClF5N11O11. The van der Waals surface area contributed by atoms with Gasteiger partial charge >= 0.3 is 6.18 Å². The summed E-state index contributed by atoms with van der Waals surface area (Å²) < 4.78 is 73.1. The summed E-state index contributed by atoms with van der Waals surface area (Å²) in [6.45, 7) is 9.28. The first kappa shape index (κ1) is 77.0. The number of benzene rings is 1. The van der Waals surface area contributed by atoms with E-state index in [9.17, 15) is 65.9 Å². The van der Waals surface area contributed by atoms with Gasteiger partial charge in [-0.15, -0.1) is 0 Å². The zero-order chi connectivity index (χ0) is 69.9. The van der Waals surface area contributed by atoms with Gasteiger partial charge in [-0.3, -0.25) is 52.7 Å². The first-order chi connectivity index (χ1) is 43.3. The second-order valence-corrected chi connectivity index (χ2v) is 27.5. The minimum atomic E-state index is -4.82. The molecule has 2 saturated carbocycles. The van der Waals surface area contributed by atoms with Gasteiger partial charge in [0.1, 0.15) is 41.8 Å². The van der Waals surface area contributed by atoms with E-state index in [1.54, 1.807) is 27.7 Å². The lowest BCUT2D eigenvalue weighted by Gasteiger charge is -2.46. The lowest BCUT2D eigenvalue weighted by atomic mass is 9.74. The van der Waals surface area contributed by atoms with Crippen molar-refractivity contribution in [2.45, 2.75) is 211 Å². The quantitative estimate of drug-likeness (QED) is 0.225. The first-order valence-electron chi connectivity index (χ1n) is 32.5. The number of nitrogens with one attached hydrogen (secondary N) is 3. The van der Waals surface area contributed by atoms with Crippen LogP contribution in [0, 0.1) is 23.7 Å². The molecule has 0 radical (unpaired) electrons. The molecule has 28 heteroatoms. The van der Waals surface area contributed by atoms with E-state index in [1.807, 2.05) is 20.8 Å². The fourth-order valence-corrected chi connectivity index (χ4v) is 13.1. The van der Waals surface area contributed by atoms with Crippen LogP contribution in [-0.2, 0) is 65.3 Å². The van der Waals surface area contributed by atoms with Crippen molar-refractivity contribution in [3.63, 3.8) is 0 Å². The molecular weight excluding hydrogens is 1240 g/mol. The topological polar surface area (TPSA) is 250 Å². The summed E-state index contributed by atoms with van der Waals surface area (Å²) in [5.74, 6) is -13.3. The normalized spacial score (nSPS) is 26.7. The van der Waals surface area contributed by atoms with E-state index in [4.69, 9.17) is 11.6 Å². The lowest BCUT2D eigenvalue weighted by molar-refractivity contribution is -0.155. The van der Waals surface area contributed by atoms with Crippen LogP contribution in [0.1, 0.15) is 156 Å². The van der Waals surface area contributed by atoms with Gasteiger partial charge in [0.05, 0.1) is 36.8 Å². The number of fused-ring (bicyclic) bond motifs is 1. The minimum absolute atomic E-state index is 0.0182. The van der Waals surface area contributed by atoms with Gasteiger partial charge in [-0.05, 0) is 93.2 Å². The van der Waals surface area contributed by atoms with Crippen LogP contribution in [0.5, 0.6) is 0 Å². The Bertz CT molecular complexity index is 2890. The van der Waals surface area contributed by atoms with Crippen molar-refractivity contribution in [2.75, 3.05) is 75.5 Å². The van der Waals surface area contributed by atoms with Crippen molar-refractivity contribution in [2.24, 2.45) is 23.7 Å². The Morgan fingerprint density at radius 2 is 1.25 bits per heavy atom. The van der Waals surface area contributed by atoms with Crippen LogP contribution in [0.25, 0.3) is 0 Å². The van der Waals surface area contributed by atoms with Crippen molar-refractivity contribution in [3.8, 4) is 0 Å². The Morgan fingerprint density at radius 3 is 1.81 bits per heavy atom. The number of hydrogen-bond donors (Lipinski definition) is 3. The predicted octanol–water partition coefficient (Wildman–Crippen LogP) is 5.75. The Kier molecular flexibility index (Phi) is 27.0. The monoisotopic (exact) mass is 1340 g/mol. The fraction of sp³-hybridized carbons (Fsp3) is 0.738. The zero-order valence-electron chi connectivity index (χ0n) is 56.6. The molecule has 522 valence electrons. The van der Waals surface area contributed by atoms with Crippen LogP contribution < -0.4 is 16.0 Å². The summed E-state index contributed by atoms with van der Waals surface area (Å²) in [5, 5.41) is 7.40. The van der Waals surface area contributed by atoms with E-state index in [0.29, 0.717) is 24.2 Å². The van der Waals surface area contributed by atoms with Crippen LogP contribution in [0.3, 0.4) is 0 Å². The number of nitrogens with zero attached hydrogens (tertiary/aromatic N) is 8. The highest BCUT2D eigenvalue weighted by molar-refractivity contribution is 6.31. The molecule has 4 aliphatic rings. The standard InChI is InChI=1S/C65H99ClF5N11O11/c1-15-39(5)54-60(91)77(10)35-52(85)75(8)36-53(86)80(13)48(32-42-21-18-17-19-22-42)59(90)76(9)34-50(83)72-46(26-24-43-23-25-44(45(66)31-43)65(69,70)71)58(89)82-37-64(67,68)33-49(82)57(88)74-63(27-20-28-63)62(93)81(14)55(40(6)16-2)61(92)78(11)41(7)30-51(84)79(12)47(29-38(3)4)56(87)73-54/h23,25,31,38-42,46-49,54-55H,15-22,24,26-30,32-37H2,1-14H3,(H,72,83)(H,73,87)(H,74,88)/t39-,40-,41+,46-,47-,48-,49-,54-,55-/m0/s1. The van der Waals surface area contributed by atoms with Gasteiger partial charge in [-0.25, -0.2) is 8.78 Å². The summed E-state index contributed by atoms with van der Waals surface area (Å²) in [6, 6.07) is -6.36. The van der Waals surface area contributed by atoms with Gasteiger partial charge < -0.3 is 55.1 Å². The van der Waals surface area contributed by atoms with Crippen molar-refractivity contribution in [1.82, 2.24) is 55.1 Å². The molecule has 0 bridgehead atoms. The second kappa shape index (κ2) is 32.6. The minimum Gasteiger partial charge on any atom is -0.343 e. The van der Waals surface area contributed by atoms with Crippen molar-refractivity contribution in [3.05, 3.63) is 34.3 Å². The molecule has 2 aliphatic carbocycles. The van der Waals surface area contributed by atoms with Crippen molar-refractivity contribution >= 4 is 76.6 Å². The number of likely N-dealkylation sites (N-methyl/N-ethyl adjacent to an activating group) is 7. The first-order valence-corrected chi connectivity index (χ1v) is 32.9. The Balaban J connectivity index is 1.58. The summed E-state index contributed by atoms with van der Waals surface area (Å²) >= 11 is 6.06. The maximum Gasteiger partial charge on any atom is 0.417 e. The van der Waals surface area contributed by atoms with Crippen LogP contribution in [0.4, 0.5) is 22.0 Å². The van der Waals surface area contributed by atoms with E-state index in [1.165, 1.54) is 68.9 Å². The molecule has 2 aliphatic heterocycles. The average molecular weight is 1340 g/mol. The van der Waals surface area contributed by atoms with E-state index in [0.717, 1.165) is 65.0 Å². The third-order valence-electron chi connectivity index (χ3n) is 19.5. The molecule has 9 atom stereocenters. The summed E-state index contributed by atoms with van der Waals surface area (Å²) in [5.41, 5.74) is -2.73. The van der Waals surface area contributed by atoms with E-state index in [-0.39, 0.29) is 55.9 Å². The molecule has 0 aromatic heterocycles. The highest BCUT2D eigenvalue weighted by atomic mass is 35.5. The molecule has 3 N–H and O–H groups in total. The van der Waals surface area contributed by atoms with Gasteiger partial charge in [0.25, 0.3) is 5.92 Å². The molecule has 4 fully saturated rings. The Morgan fingerprint density at radius 1 is 0.656 bits per heavy atom. The lowest BCUT2D eigenvalue weighted by Crippen LogP contribution is -2.68. The van der Waals surface area contributed by atoms with E-state index >= 15 is 8.78 Å². The van der Waals surface area contributed by atoms with Crippen molar-refractivity contribution < 1.29 is 74.7 Å². The Labute approximate surface area is 549 Å². The number of carbonyl (C=O) groups is 11. The third kappa shape index (κ3) is 19.5. The van der Waals surface area contributed by atoms with E-state index in [2.05, 4.69) is 16.0 Å². The van der Waals surface area contributed by atoms with Crippen molar-refractivity contribution in [1.29, 1.82) is 0 Å². The predicted molar refractivity (Wildman–Crippen MR) is 337 cm³/mol. The molecule has 22 nitrogen and oxygen atoms in total. The zero-order valence-corrected chi connectivity index (χ0v) is 57.3. The van der Waals surface area contributed by atoms with Crippen LogP contribution in [-0.4, -0.2) is 233 Å². The number of hydrogen-bond acceptors (Lipinski definition) is 11. The largest absolute Gasteiger partial charge is 0.417 e. The van der Waals surface area contributed by atoms with E-state index < -0.39 is 186 Å². The highest BCUT2D eigenvalue weighted by Crippen LogP contribution is 2.39. The van der Waals surface area contributed by atoms with Gasteiger partial charge in [0, 0.05) is 68.2 Å². The molecule has 1 aromatic rings. The summed E-state index contributed by atoms with van der Waals surface area (Å²) in [4.78, 5) is 169. The number of aryl methyl sites for hydroxylation is 1. The second-order valence-electron chi connectivity index (χ2n) is 27.1. The molecule has 11 amide bonds. The van der Waals surface area contributed by atoms with Gasteiger partial charge in [0.15, 0.2) is 0 Å². The number of amides is 11. The fourth-order valence-electron chi connectivity index (χ4n) is 12.8. The molecule has 0 unspecified atom stereocenters. The molecule has 5 rings (SSSR count). The molecule has 1 aromatic carbocycles.